The van der Waals surface area contributed by atoms with Gasteiger partial charge in [-0.05, 0) is 130 Å². The summed E-state index contributed by atoms with van der Waals surface area (Å²) < 4.78 is 5.24. The number of hydrogen-bond acceptors (Lipinski definition) is 5. The number of nitrogens with one attached hydrogen (secondary N) is 2. The summed E-state index contributed by atoms with van der Waals surface area (Å²) in [5.74, 6) is 2.22. The topological polar surface area (TPSA) is 94.8 Å². The lowest BCUT2D eigenvalue weighted by Crippen LogP contribution is -2.62. The first-order chi connectivity index (χ1) is 18.7. The minimum atomic E-state index is -0.674. The lowest BCUT2D eigenvalue weighted by atomic mass is 9.43. The lowest BCUT2D eigenvalue weighted by molar-refractivity contribution is -0.203. The first-order valence-electron chi connectivity index (χ1n) is 15.7. The second-order valence-electron chi connectivity index (χ2n) is 14.3. The summed E-state index contributed by atoms with van der Waals surface area (Å²) in [7, 11) is 1.99. The molecule has 0 spiro atoms. The number of rotatable bonds is 4. The highest BCUT2D eigenvalue weighted by Gasteiger charge is 2.67. The average molecular weight is 540 g/mol. The van der Waals surface area contributed by atoms with Crippen LogP contribution in [-0.2, 0) is 0 Å². The van der Waals surface area contributed by atoms with E-state index in [-0.39, 0.29) is 28.4 Å². The van der Waals surface area contributed by atoms with Crippen LogP contribution in [0.4, 0.5) is 4.79 Å². The van der Waals surface area contributed by atoms with E-state index in [1.807, 2.05) is 18.0 Å². The van der Waals surface area contributed by atoms with Gasteiger partial charge < -0.3 is 25.1 Å². The molecule has 0 aromatic carbocycles. The number of carbonyl (C=O) groups excluding carboxylic acids is 1. The highest BCUT2D eigenvalue weighted by atomic mass is 16.4. The molecule has 1 aliphatic heterocycles. The van der Waals surface area contributed by atoms with Crippen molar-refractivity contribution < 1.29 is 14.3 Å². The van der Waals surface area contributed by atoms with Crippen molar-refractivity contribution in [1.29, 1.82) is 0 Å². The Morgan fingerprint density at radius 3 is 2.69 bits per heavy atom. The monoisotopic (exact) mass is 539 g/mol. The van der Waals surface area contributed by atoms with Crippen LogP contribution >= 0.6 is 0 Å². The normalized spacial score (nSPS) is 43.6. The van der Waals surface area contributed by atoms with E-state index >= 15 is 0 Å². The van der Waals surface area contributed by atoms with Crippen LogP contribution in [-0.4, -0.2) is 54.4 Å². The number of carbonyl (C=O) groups is 1. The van der Waals surface area contributed by atoms with Gasteiger partial charge in [-0.3, -0.25) is 0 Å². The lowest BCUT2D eigenvalue weighted by Gasteiger charge is -2.64. The molecule has 7 heteroatoms. The van der Waals surface area contributed by atoms with Gasteiger partial charge in [-0.25, -0.2) is 9.59 Å². The van der Waals surface area contributed by atoms with Gasteiger partial charge in [0.05, 0.1) is 11.9 Å². The predicted octanol–water partition coefficient (Wildman–Crippen LogP) is 4.89. The number of aliphatic hydroxyl groups is 1. The molecule has 1 aromatic heterocycles. The Bertz CT molecular complexity index is 1100. The fraction of sp³-hybridized carbons (Fsp3) is 0.812. The summed E-state index contributed by atoms with van der Waals surface area (Å²) in [4.78, 5) is 26.6. The van der Waals surface area contributed by atoms with Gasteiger partial charge in [0.15, 0.2) is 0 Å². The van der Waals surface area contributed by atoms with Gasteiger partial charge in [0.25, 0.3) is 0 Å². The summed E-state index contributed by atoms with van der Waals surface area (Å²) in [5, 5.41) is 19.1. The molecular weight excluding hydrogens is 490 g/mol. The van der Waals surface area contributed by atoms with Crippen LogP contribution in [0.3, 0.4) is 0 Å². The molecule has 4 aliphatic carbocycles. The molecule has 9 atom stereocenters. The van der Waals surface area contributed by atoms with Gasteiger partial charge in [0, 0.05) is 31.1 Å². The molecule has 7 nitrogen and oxygen atoms in total. The summed E-state index contributed by atoms with van der Waals surface area (Å²) in [6.45, 7) is 7.67. The number of fused-ring (bicyclic) bond motifs is 5. The second kappa shape index (κ2) is 10.2. The Labute approximate surface area is 233 Å². The van der Waals surface area contributed by atoms with Crippen molar-refractivity contribution in [2.24, 2.45) is 34.5 Å². The van der Waals surface area contributed by atoms with Crippen LogP contribution < -0.4 is 16.3 Å². The number of urea groups is 1. The van der Waals surface area contributed by atoms with Gasteiger partial charge in [-0.2, -0.15) is 0 Å². The Balaban J connectivity index is 1.12. The van der Waals surface area contributed by atoms with Crippen LogP contribution in [0.1, 0.15) is 96.0 Å². The zero-order valence-corrected chi connectivity index (χ0v) is 24.2. The van der Waals surface area contributed by atoms with E-state index in [0.29, 0.717) is 29.7 Å². The average Bonchev–Trinajstić information content (AvgIpc) is 3.23. The maximum Gasteiger partial charge on any atom is 0.335 e. The third kappa shape index (κ3) is 4.46. The van der Waals surface area contributed by atoms with E-state index in [1.54, 1.807) is 6.26 Å². The molecule has 0 radical (unpaired) electrons. The summed E-state index contributed by atoms with van der Waals surface area (Å²) >= 11 is 0. The van der Waals surface area contributed by atoms with E-state index in [4.69, 9.17) is 4.42 Å². The zero-order valence-electron chi connectivity index (χ0n) is 24.2. The van der Waals surface area contributed by atoms with Crippen LogP contribution in [0.5, 0.6) is 0 Å². The third-order valence-electron chi connectivity index (χ3n) is 12.8. The number of amides is 2. The van der Waals surface area contributed by atoms with Crippen molar-refractivity contribution >= 4 is 6.03 Å². The Morgan fingerprint density at radius 2 is 1.95 bits per heavy atom. The van der Waals surface area contributed by atoms with Gasteiger partial charge in [-0.1, -0.05) is 13.8 Å². The first-order valence-corrected chi connectivity index (χ1v) is 15.7. The third-order valence-corrected chi connectivity index (χ3v) is 12.8. The van der Waals surface area contributed by atoms with Crippen LogP contribution in [0.25, 0.3) is 0 Å². The van der Waals surface area contributed by atoms with Gasteiger partial charge >= 0.3 is 11.7 Å². The van der Waals surface area contributed by atoms with Gasteiger partial charge in [-0.15, -0.1) is 0 Å². The molecule has 3 N–H and O–H groups in total. The Kier molecular flexibility index (Phi) is 7.15. The fourth-order valence-electron chi connectivity index (χ4n) is 10.3. The molecule has 39 heavy (non-hydrogen) atoms. The largest absolute Gasteiger partial charge is 0.431 e. The van der Waals surface area contributed by atoms with E-state index in [0.717, 1.165) is 83.0 Å². The first kappa shape index (κ1) is 27.3. The predicted molar refractivity (Wildman–Crippen MR) is 151 cm³/mol. The molecule has 0 unspecified atom stereocenters. The van der Waals surface area contributed by atoms with Crippen molar-refractivity contribution in [3.63, 3.8) is 0 Å². The van der Waals surface area contributed by atoms with Crippen LogP contribution in [0, 0.1) is 34.5 Å². The van der Waals surface area contributed by atoms with Gasteiger partial charge in [0.2, 0.25) is 0 Å². The zero-order chi connectivity index (χ0) is 27.4. The quantitative estimate of drug-likeness (QED) is 0.506. The fourth-order valence-corrected chi connectivity index (χ4v) is 10.3. The standard InChI is InChI=1S/C32H49N3O4/c1-30-13-10-24(35(3)29(37)34-19-21-5-4-16-33-18-21)17-23(30)7-8-27-26(30)11-14-31(2)25(12-15-32(27,31)38)22-6-9-28(36)39-20-22/h6,9,20-21,23-27,33,38H,4-5,7-8,10-19H2,1-3H3,(H,34,37)/t21-,23-,24+,25-,26+,27-,30+,31-,32+/m1/s1. The molecule has 0 bridgehead atoms. The molecule has 2 heterocycles. The molecule has 2 amide bonds. The van der Waals surface area contributed by atoms with Crippen molar-refractivity contribution in [1.82, 2.24) is 15.5 Å². The van der Waals surface area contributed by atoms with Crippen LogP contribution in [0.2, 0.25) is 0 Å². The molecule has 5 fully saturated rings. The van der Waals surface area contributed by atoms with E-state index in [2.05, 4.69) is 24.5 Å². The van der Waals surface area contributed by atoms with Crippen molar-refractivity contribution in [2.75, 3.05) is 26.7 Å². The van der Waals surface area contributed by atoms with Crippen molar-refractivity contribution in [3.05, 3.63) is 34.4 Å². The summed E-state index contributed by atoms with van der Waals surface area (Å²) in [6.07, 6.45) is 13.4. The minimum Gasteiger partial charge on any atom is -0.431 e. The van der Waals surface area contributed by atoms with E-state index < -0.39 is 5.60 Å². The van der Waals surface area contributed by atoms with E-state index in [9.17, 15) is 14.7 Å². The SMILES string of the molecule is CN(C(=O)NC[C@@H]1CCCNC1)[C@H]1CC[C@@]2(C)[C@H](CC[C@@H]3[C@@H]2CC[C@]2(C)[C@@H](c4ccc(=O)oc4)CC[C@]32O)C1. The maximum atomic E-state index is 13.1. The van der Waals surface area contributed by atoms with Crippen molar-refractivity contribution in [3.8, 4) is 0 Å². The summed E-state index contributed by atoms with van der Waals surface area (Å²) in [6, 6.07) is 3.82. The highest BCUT2D eigenvalue weighted by Crippen LogP contribution is 2.70. The smallest absolute Gasteiger partial charge is 0.335 e. The van der Waals surface area contributed by atoms with E-state index in [1.165, 1.54) is 18.9 Å². The highest BCUT2D eigenvalue weighted by molar-refractivity contribution is 5.74. The number of piperidine rings is 1. The van der Waals surface area contributed by atoms with Gasteiger partial charge in [0.1, 0.15) is 0 Å². The molecular formula is C32H49N3O4. The molecule has 6 rings (SSSR count). The number of hydrogen-bond donors (Lipinski definition) is 3. The molecule has 1 aromatic rings. The van der Waals surface area contributed by atoms with Crippen molar-refractivity contribution in [2.45, 2.75) is 102 Å². The maximum absolute atomic E-state index is 13.1. The number of nitrogens with zero attached hydrogens (tertiary/aromatic N) is 1. The minimum absolute atomic E-state index is 0.0827. The molecule has 5 aliphatic rings. The van der Waals surface area contributed by atoms with Crippen LogP contribution in [0.15, 0.2) is 27.6 Å². The molecule has 216 valence electrons. The summed E-state index contributed by atoms with van der Waals surface area (Å²) in [5.41, 5.74) is 0.103. The molecule has 1 saturated heterocycles. The second-order valence-corrected chi connectivity index (χ2v) is 14.3. The molecule has 4 saturated carbocycles. The Morgan fingerprint density at radius 1 is 1.10 bits per heavy atom. The Hall–Kier alpha value is -1.86.